The lowest BCUT2D eigenvalue weighted by Gasteiger charge is -2.57. The molecule has 0 aliphatic carbocycles. The standard InChI is InChI=1S/C4H8NO4P/c1-2-3(5)4-7-10(6,8-4)9-4/h3H,2,5H2,1H3. The van der Waals surface area contributed by atoms with Gasteiger partial charge in [-0.2, -0.15) is 0 Å². The van der Waals surface area contributed by atoms with E-state index in [9.17, 15) is 4.57 Å². The molecule has 1 unspecified atom stereocenters. The van der Waals surface area contributed by atoms with E-state index in [1.165, 1.54) is 0 Å². The third-order valence-electron chi connectivity index (χ3n) is 1.61. The number of rotatable bonds is 2. The molecule has 2 N–H and O–H groups in total. The van der Waals surface area contributed by atoms with Gasteiger partial charge in [0.15, 0.2) is 0 Å². The predicted molar refractivity (Wildman–Crippen MR) is 31.9 cm³/mol. The largest absolute Gasteiger partial charge is 0.488 e. The van der Waals surface area contributed by atoms with Crippen molar-refractivity contribution in [2.24, 2.45) is 5.73 Å². The maximum Gasteiger partial charge on any atom is 0.488 e. The summed E-state index contributed by atoms with van der Waals surface area (Å²) >= 11 is 0. The van der Waals surface area contributed by atoms with Crippen LogP contribution in [-0.2, 0) is 18.1 Å². The lowest BCUT2D eigenvalue weighted by molar-refractivity contribution is -0.436. The molecule has 3 heterocycles. The summed E-state index contributed by atoms with van der Waals surface area (Å²) in [6.45, 7) is 1.87. The zero-order valence-electron chi connectivity index (χ0n) is 5.44. The van der Waals surface area contributed by atoms with Gasteiger partial charge in [-0.1, -0.05) is 6.92 Å². The van der Waals surface area contributed by atoms with Crippen LogP contribution in [0.3, 0.4) is 0 Å². The summed E-state index contributed by atoms with van der Waals surface area (Å²) in [5, 5.41) is 0. The van der Waals surface area contributed by atoms with E-state index in [0.717, 1.165) is 0 Å². The van der Waals surface area contributed by atoms with Gasteiger partial charge in [-0.05, 0) is 6.42 Å². The summed E-state index contributed by atoms with van der Waals surface area (Å²) in [6, 6.07) is -0.344. The number of hydrogen-bond donors (Lipinski definition) is 1. The van der Waals surface area contributed by atoms with Gasteiger partial charge in [-0.15, -0.1) is 0 Å². The normalized spacial score (nSPS) is 53.0. The average Bonchev–Trinajstić information content (AvgIpc) is 1.77. The van der Waals surface area contributed by atoms with E-state index < -0.39 is 13.8 Å². The highest BCUT2D eigenvalue weighted by Gasteiger charge is 2.76. The van der Waals surface area contributed by atoms with Crippen LogP contribution in [0.15, 0.2) is 0 Å². The van der Waals surface area contributed by atoms with E-state index in [0.29, 0.717) is 6.42 Å². The van der Waals surface area contributed by atoms with Crippen LogP contribution in [0.4, 0.5) is 0 Å². The first-order valence-corrected chi connectivity index (χ1v) is 4.54. The van der Waals surface area contributed by atoms with E-state index in [1.54, 1.807) is 0 Å². The van der Waals surface area contributed by atoms with Crippen LogP contribution in [0.5, 0.6) is 0 Å². The van der Waals surface area contributed by atoms with Gasteiger partial charge in [0.25, 0.3) is 0 Å². The molecule has 3 fully saturated rings. The fourth-order valence-electron chi connectivity index (χ4n) is 0.941. The minimum absolute atomic E-state index is 0.344. The van der Waals surface area contributed by atoms with Crippen molar-refractivity contribution in [2.45, 2.75) is 25.4 Å². The Bertz CT molecular complexity index is 191. The zero-order chi connectivity index (χ0) is 7.41. The SMILES string of the molecule is CCC(N)C12OP(=O)(O1)O2. The van der Waals surface area contributed by atoms with Crippen LogP contribution in [0.2, 0.25) is 0 Å². The van der Waals surface area contributed by atoms with Crippen molar-refractivity contribution >= 4 is 7.82 Å². The molecule has 6 heteroatoms. The maximum absolute atomic E-state index is 10.6. The van der Waals surface area contributed by atoms with Crippen molar-refractivity contribution in [1.82, 2.24) is 0 Å². The first-order chi connectivity index (χ1) is 4.60. The number of nitrogens with two attached hydrogens (primary N) is 1. The zero-order valence-corrected chi connectivity index (χ0v) is 6.34. The molecular weight excluding hydrogens is 157 g/mol. The second-order valence-electron chi connectivity index (χ2n) is 2.34. The molecule has 0 amide bonds. The third-order valence-corrected chi connectivity index (χ3v) is 3.05. The van der Waals surface area contributed by atoms with Crippen molar-refractivity contribution in [3.05, 3.63) is 0 Å². The highest BCUT2D eigenvalue weighted by molar-refractivity contribution is 7.51. The lowest BCUT2D eigenvalue weighted by Crippen LogP contribution is -2.66. The Morgan fingerprint density at radius 1 is 1.60 bits per heavy atom. The Balaban J connectivity index is 2.04. The van der Waals surface area contributed by atoms with E-state index in [4.69, 9.17) is 19.3 Å². The van der Waals surface area contributed by atoms with Crippen LogP contribution >= 0.6 is 7.82 Å². The molecule has 0 spiro atoms. The Morgan fingerprint density at radius 3 is 2.40 bits per heavy atom. The Hall–Kier alpha value is 0.0700. The number of phosphoric ester groups is 1. The van der Waals surface area contributed by atoms with Crippen molar-refractivity contribution < 1.29 is 18.1 Å². The van der Waals surface area contributed by atoms with Crippen molar-refractivity contribution in [3.8, 4) is 0 Å². The summed E-state index contributed by atoms with van der Waals surface area (Å²) in [7, 11) is -3.03. The molecule has 0 radical (unpaired) electrons. The molecule has 0 aromatic carbocycles. The molecule has 1 atom stereocenters. The van der Waals surface area contributed by atoms with Gasteiger partial charge in [-0.3, -0.25) is 0 Å². The molecular formula is C4H8NO4P. The van der Waals surface area contributed by atoms with Crippen LogP contribution in [-0.4, -0.2) is 12.0 Å². The van der Waals surface area contributed by atoms with Gasteiger partial charge in [0, 0.05) is 0 Å². The summed E-state index contributed by atoms with van der Waals surface area (Å²) < 4.78 is 24.9. The van der Waals surface area contributed by atoms with E-state index in [1.807, 2.05) is 6.92 Å². The second kappa shape index (κ2) is 1.62. The molecule has 3 rings (SSSR count). The van der Waals surface area contributed by atoms with Crippen molar-refractivity contribution in [2.75, 3.05) is 0 Å². The highest BCUT2D eigenvalue weighted by atomic mass is 31.2. The van der Waals surface area contributed by atoms with Crippen molar-refractivity contribution in [3.63, 3.8) is 0 Å². The van der Waals surface area contributed by atoms with Gasteiger partial charge in [0.1, 0.15) is 0 Å². The summed E-state index contributed by atoms with van der Waals surface area (Å²) in [6.07, 6.45) is 0.667. The van der Waals surface area contributed by atoms with E-state index in [-0.39, 0.29) is 6.04 Å². The lowest BCUT2D eigenvalue weighted by atomic mass is 10.2. The van der Waals surface area contributed by atoms with Crippen LogP contribution in [0.1, 0.15) is 13.3 Å². The molecule has 3 aliphatic heterocycles. The molecule has 3 aliphatic rings. The van der Waals surface area contributed by atoms with Gasteiger partial charge in [0.05, 0.1) is 6.04 Å². The Kier molecular flexibility index (Phi) is 1.10. The van der Waals surface area contributed by atoms with Gasteiger partial charge >= 0.3 is 13.8 Å². The fourth-order valence-corrected chi connectivity index (χ4v) is 2.32. The summed E-state index contributed by atoms with van der Waals surface area (Å²) in [5.41, 5.74) is 5.51. The monoisotopic (exact) mass is 165 g/mol. The topological polar surface area (TPSA) is 70.8 Å². The van der Waals surface area contributed by atoms with Crippen LogP contribution in [0.25, 0.3) is 0 Å². The molecule has 3 saturated heterocycles. The van der Waals surface area contributed by atoms with Gasteiger partial charge in [0.2, 0.25) is 0 Å². The van der Waals surface area contributed by atoms with Gasteiger partial charge in [-0.25, -0.2) is 18.1 Å². The van der Waals surface area contributed by atoms with Crippen molar-refractivity contribution in [1.29, 1.82) is 0 Å². The first-order valence-electron chi connectivity index (χ1n) is 3.08. The minimum atomic E-state index is -3.03. The molecule has 2 bridgehead atoms. The summed E-state index contributed by atoms with van der Waals surface area (Å²) in [4.78, 5) is 0. The van der Waals surface area contributed by atoms with Gasteiger partial charge < -0.3 is 5.73 Å². The quantitative estimate of drug-likeness (QED) is 0.605. The third kappa shape index (κ3) is 0.594. The Labute approximate surface area is 58.1 Å². The molecule has 58 valence electrons. The van der Waals surface area contributed by atoms with Crippen LogP contribution in [0, 0.1) is 0 Å². The molecule has 0 aromatic heterocycles. The first kappa shape index (κ1) is 6.76. The Morgan fingerprint density at radius 2 is 2.10 bits per heavy atom. The summed E-state index contributed by atoms with van der Waals surface area (Å²) in [5.74, 6) is -1.15. The predicted octanol–water partition coefficient (Wildman–Crippen LogP) is 0.563. The number of phosphoric acid groups is 1. The van der Waals surface area contributed by atoms with E-state index >= 15 is 0 Å². The molecule has 10 heavy (non-hydrogen) atoms. The molecule has 5 nitrogen and oxygen atoms in total. The maximum atomic E-state index is 10.6. The van der Waals surface area contributed by atoms with Crippen LogP contribution < -0.4 is 5.73 Å². The highest BCUT2D eigenvalue weighted by Crippen LogP contribution is 2.80. The minimum Gasteiger partial charge on any atom is -0.321 e. The number of hydrogen-bond acceptors (Lipinski definition) is 5. The average molecular weight is 165 g/mol. The molecule has 0 saturated carbocycles. The van der Waals surface area contributed by atoms with E-state index in [2.05, 4.69) is 0 Å². The second-order valence-corrected chi connectivity index (χ2v) is 3.78. The molecule has 0 aromatic rings. The smallest absolute Gasteiger partial charge is 0.321 e. The fraction of sp³-hybridized carbons (Fsp3) is 1.00.